The molecule has 0 aliphatic heterocycles. The highest BCUT2D eigenvalue weighted by molar-refractivity contribution is 5.30. The molecule has 1 fully saturated rings. The predicted octanol–water partition coefficient (Wildman–Crippen LogP) is 3.31. The van der Waals surface area contributed by atoms with Crippen LogP contribution >= 0.6 is 0 Å². The minimum Gasteiger partial charge on any atom is -0.384 e. The van der Waals surface area contributed by atoms with Crippen molar-refractivity contribution in [3.8, 4) is 0 Å². The van der Waals surface area contributed by atoms with Crippen LogP contribution in [-0.2, 0) is 0 Å². The highest BCUT2D eigenvalue weighted by Gasteiger charge is 2.20. The van der Waals surface area contributed by atoms with Crippen molar-refractivity contribution in [2.45, 2.75) is 58.4 Å². The third kappa shape index (κ3) is 2.39. The summed E-state index contributed by atoms with van der Waals surface area (Å²) in [6.07, 6.45) is 7.83. The number of nitrogens with two attached hydrogens (primary N) is 1. The van der Waals surface area contributed by atoms with Crippen molar-refractivity contribution in [1.29, 1.82) is 0 Å². The molecule has 16 heavy (non-hydrogen) atoms. The Morgan fingerprint density at radius 1 is 1.38 bits per heavy atom. The lowest BCUT2D eigenvalue weighted by Gasteiger charge is -2.16. The molecule has 1 aliphatic rings. The Morgan fingerprint density at radius 2 is 2.19 bits per heavy atom. The maximum absolute atomic E-state index is 5.99. The van der Waals surface area contributed by atoms with Crippen molar-refractivity contribution in [3.63, 3.8) is 0 Å². The molecular formula is C13H23N3. The summed E-state index contributed by atoms with van der Waals surface area (Å²) < 4.78 is 2.05. The van der Waals surface area contributed by atoms with E-state index in [1.54, 1.807) is 0 Å². The topological polar surface area (TPSA) is 43.8 Å². The zero-order valence-corrected chi connectivity index (χ0v) is 10.4. The molecule has 2 unspecified atom stereocenters. The molecule has 1 aromatic rings. The van der Waals surface area contributed by atoms with Crippen molar-refractivity contribution in [3.05, 3.63) is 11.8 Å². The number of aromatic nitrogens is 2. The first-order chi connectivity index (χ1) is 7.70. The van der Waals surface area contributed by atoms with E-state index < -0.39 is 0 Å². The molecule has 1 aromatic heterocycles. The molecule has 1 aliphatic carbocycles. The highest BCUT2D eigenvalue weighted by atomic mass is 15.3. The lowest BCUT2D eigenvalue weighted by atomic mass is 9.98. The van der Waals surface area contributed by atoms with E-state index in [2.05, 4.69) is 12.0 Å². The molecule has 1 saturated carbocycles. The minimum absolute atomic E-state index is 0.533. The molecule has 2 atom stereocenters. The lowest BCUT2D eigenvalue weighted by molar-refractivity contribution is 0.393. The maximum Gasteiger partial charge on any atom is 0.122 e. The first kappa shape index (κ1) is 11.5. The number of hydrogen-bond donors (Lipinski definition) is 1. The van der Waals surface area contributed by atoms with Crippen molar-refractivity contribution >= 4 is 5.82 Å². The lowest BCUT2D eigenvalue weighted by Crippen LogP contribution is -2.12. The molecule has 0 radical (unpaired) electrons. The number of aryl methyl sites for hydroxylation is 1. The largest absolute Gasteiger partial charge is 0.384 e. The van der Waals surface area contributed by atoms with Gasteiger partial charge in [-0.05, 0) is 32.1 Å². The van der Waals surface area contributed by atoms with Gasteiger partial charge in [-0.3, -0.25) is 0 Å². The first-order valence-electron chi connectivity index (χ1n) is 6.52. The van der Waals surface area contributed by atoms with Gasteiger partial charge >= 0.3 is 0 Å². The van der Waals surface area contributed by atoms with E-state index in [4.69, 9.17) is 5.73 Å². The number of hydrogen-bond acceptors (Lipinski definition) is 2. The number of anilines is 1. The second-order valence-corrected chi connectivity index (χ2v) is 5.09. The van der Waals surface area contributed by atoms with Crippen LogP contribution in [0.5, 0.6) is 0 Å². The molecule has 0 amide bonds. The van der Waals surface area contributed by atoms with Crippen LogP contribution in [0.15, 0.2) is 6.07 Å². The van der Waals surface area contributed by atoms with Crippen molar-refractivity contribution in [1.82, 2.24) is 9.78 Å². The molecular weight excluding hydrogens is 198 g/mol. The van der Waals surface area contributed by atoms with Gasteiger partial charge < -0.3 is 5.73 Å². The van der Waals surface area contributed by atoms with Gasteiger partial charge in [0.1, 0.15) is 5.82 Å². The number of rotatable bonds is 2. The van der Waals surface area contributed by atoms with Gasteiger partial charge in [-0.15, -0.1) is 0 Å². The second-order valence-electron chi connectivity index (χ2n) is 5.09. The molecule has 0 saturated heterocycles. The Bertz CT molecular complexity index is 343. The van der Waals surface area contributed by atoms with Crippen LogP contribution < -0.4 is 5.73 Å². The SMILES string of the molecule is CCC1CCCC(n2nc(C)cc2N)CC1. The maximum atomic E-state index is 5.99. The summed E-state index contributed by atoms with van der Waals surface area (Å²) in [5.74, 6) is 1.75. The average Bonchev–Trinajstić information content (AvgIpc) is 2.51. The molecule has 3 heteroatoms. The molecule has 0 spiro atoms. The molecule has 2 rings (SSSR count). The molecule has 90 valence electrons. The quantitative estimate of drug-likeness (QED) is 0.779. The van der Waals surface area contributed by atoms with Crippen LogP contribution in [0.1, 0.15) is 57.2 Å². The Kier molecular flexibility index (Phi) is 3.52. The van der Waals surface area contributed by atoms with Gasteiger partial charge in [0.2, 0.25) is 0 Å². The van der Waals surface area contributed by atoms with E-state index in [1.165, 1.54) is 38.5 Å². The smallest absolute Gasteiger partial charge is 0.122 e. The zero-order valence-electron chi connectivity index (χ0n) is 10.4. The monoisotopic (exact) mass is 221 g/mol. The van der Waals surface area contributed by atoms with Crippen LogP contribution in [0, 0.1) is 12.8 Å². The van der Waals surface area contributed by atoms with E-state index in [0.29, 0.717) is 6.04 Å². The van der Waals surface area contributed by atoms with Crippen LogP contribution in [-0.4, -0.2) is 9.78 Å². The summed E-state index contributed by atoms with van der Waals surface area (Å²) in [6.45, 7) is 4.32. The Balaban J connectivity index is 2.07. The fourth-order valence-electron chi connectivity index (χ4n) is 2.84. The summed E-state index contributed by atoms with van der Waals surface area (Å²) in [4.78, 5) is 0. The standard InChI is InChI=1S/C13H23N3/c1-3-11-5-4-6-12(8-7-11)16-13(14)9-10(2)15-16/h9,11-12H,3-8,14H2,1-2H3. The fraction of sp³-hybridized carbons (Fsp3) is 0.769. The average molecular weight is 221 g/mol. The van der Waals surface area contributed by atoms with Gasteiger partial charge in [-0.25, -0.2) is 4.68 Å². The van der Waals surface area contributed by atoms with Crippen LogP contribution in [0.4, 0.5) is 5.82 Å². The minimum atomic E-state index is 0.533. The van der Waals surface area contributed by atoms with Crippen LogP contribution in [0.2, 0.25) is 0 Å². The van der Waals surface area contributed by atoms with Crippen molar-refractivity contribution < 1.29 is 0 Å². The van der Waals surface area contributed by atoms with Crippen molar-refractivity contribution in [2.24, 2.45) is 5.92 Å². The van der Waals surface area contributed by atoms with Crippen LogP contribution in [0.25, 0.3) is 0 Å². The molecule has 3 nitrogen and oxygen atoms in total. The van der Waals surface area contributed by atoms with Gasteiger partial charge in [-0.2, -0.15) is 5.10 Å². The molecule has 0 aromatic carbocycles. The third-order valence-electron chi connectivity index (χ3n) is 3.87. The van der Waals surface area contributed by atoms with Crippen molar-refractivity contribution in [2.75, 3.05) is 5.73 Å². The van der Waals surface area contributed by atoms with E-state index in [9.17, 15) is 0 Å². The number of nitrogen functional groups attached to an aromatic ring is 1. The van der Waals surface area contributed by atoms with Gasteiger partial charge in [0.05, 0.1) is 11.7 Å². The fourth-order valence-corrected chi connectivity index (χ4v) is 2.84. The van der Waals surface area contributed by atoms with Crippen LogP contribution in [0.3, 0.4) is 0 Å². The Morgan fingerprint density at radius 3 is 2.81 bits per heavy atom. The summed E-state index contributed by atoms with van der Waals surface area (Å²) in [5, 5.41) is 4.52. The van der Waals surface area contributed by atoms with E-state index in [0.717, 1.165) is 17.4 Å². The zero-order chi connectivity index (χ0) is 11.5. The summed E-state index contributed by atoms with van der Waals surface area (Å²) in [7, 11) is 0. The van der Waals surface area contributed by atoms with E-state index >= 15 is 0 Å². The summed E-state index contributed by atoms with van der Waals surface area (Å²) in [6, 6.07) is 2.51. The molecule has 0 bridgehead atoms. The van der Waals surface area contributed by atoms with Gasteiger partial charge in [0, 0.05) is 6.07 Å². The third-order valence-corrected chi connectivity index (χ3v) is 3.87. The Labute approximate surface area is 98.0 Å². The first-order valence-corrected chi connectivity index (χ1v) is 6.52. The highest BCUT2D eigenvalue weighted by Crippen LogP contribution is 2.32. The Hall–Kier alpha value is -0.990. The summed E-state index contributed by atoms with van der Waals surface area (Å²) >= 11 is 0. The van der Waals surface area contributed by atoms with E-state index in [-0.39, 0.29) is 0 Å². The number of nitrogens with zero attached hydrogens (tertiary/aromatic N) is 2. The van der Waals surface area contributed by atoms with E-state index in [1.807, 2.05) is 17.7 Å². The van der Waals surface area contributed by atoms with Gasteiger partial charge in [-0.1, -0.05) is 26.2 Å². The molecule has 1 heterocycles. The summed E-state index contributed by atoms with van der Waals surface area (Å²) in [5.41, 5.74) is 7.03. The normalized spacial score (nSPS) is 26.6. The van der Waals surface area contributed by atoms with Gasteiger partial charge in [0.15, 0.2) is 0 Å². The molecule has 2 N–H and O–H groups in total. The van der Waals surface area contributed by atoms with Gasteiger partial charge in [0.25, 0.3) is 0 Å². The predicted molar refractivity (Wildman–Crippen MR) is 67.3 cm³/mol. The second kappa shape index (κ2) is 4.89.